The third kappa shape index (κ3) is 2.79. The van der Waals surface area contributed by atoms with Gasteiger partial charge in [-0.25, -0.2) is 9.59 Å². The molecule has 122 valence electrons. The van der Waals surface area contributed by atoms with Gasteiger partial charge in [0.15, 0.2) is 0 Å². The molecule has 0 spiro atoms. The molecule has 2 amide bonds. The van der Waals surface area contributed by atoms with Gasteiger partial charge < -0.3 is 10.1 Å². The van der Waals surface area contributed by atoms with Crippen LogP contribution in [0.3, 0.4) is 0 Å². The Hall–Kier alpha value is -1.72. The summed E-state index contributed by atoms with van der Waals surface area (Å²) in [5.74, 6) is -0.491. The number of benzene rings is 1. The number of urea groups is 1. The highest BCUT2D eigenvalue weighted by Gasteiger charge is 2.42. The predicted molar refractivity (Wildman–Crippen MR) is 87.3 cm³/mol. The average molecular weight is 355 g/mol. The number of esters is 1. The molecule has 1 atom stereocenters. The Morgan fingerprint density at radius 3 is 2.65 bits per heavy atom. The van der Waals surface area contributed by atoms with Crippen LogP contribution in [0.4, 0.5) is 4.79 Å². The molecule has 23 heavy (non-hydrogen) atoms. The average Bonchev–Trinajstić information content (AvgIpc) is 3.33. The number of hydrogen-bond acceptors (Lipinski definition) is 3. The lowest BCUT2D eigenvalue weighted by Gasteiger charge is -2.35. The first-order valence-corrected chi connectivity index (χ1v) is 8.04. The van der Waals surface area contributed by atoms with Crippen molar-refractivity contribution in [1.29, 1.82) is 0 Å². The van der Waals surface area contributed by atoms with Gasteiger partial charge in [0.1, 0.15) is 0 Å². The molecule has 1 fully saturated rings. The summed E-state index contributed by atoms with van der Waals surface area (Å²) in [6.45, 7) is 1.76. The van der Waals surface area contributed by atoms with Crippen molar-refractivity contribution < 1.29 is 14.3 Å². The van der Waals surface area contributed by atoms with Crippen molar-refractivity contribution in [3.8, 4) is 0 Å². The van der Waals surface area contributed by atoms with Crippen molar-refractivity contribution in [2.45, 2.75) is 31.8 Å². The highest BCUT2D eigenvalue weighted by Crippen LogP contribution is 2.40. The second-order valence-corrected chi connectivity index (χ2v) is 6.40. The van der Waals surface area contributed by atoms with Gasteiger partial charge in [-0.15, -0.1) is 0 Å². The van der Waals surface area contributed by atoms with Crippen LogP contribution in [0.5, 0.6) is 0 Å². The van der Waals surface area contributed by atoms with E-state index in [1.54, 1.807) is 30.0 Å². The van der Waals surface area contributed by atoms with E-state index in [0.717, 1.165) is 12.8 Å². The van der Waals surface area contributed by atoms with E-state index in [1.807, 2.05) is 0 Å². The number of allylic oxidation sites excluding steroid dienone is 1. The number of hydrogen-bond donors (Lipinski definition) is 1. The lowest BCUT2D eigenvalue weighted by atomic mass is 9.94. The predicted octanol–water partition coefficient (Wildman–Crippen LogP) is 3.67. The maximum atomic E-state index is 12.5. The number of ether oxygens (including phenoxy) is 1. The molecule has 5 nitrogen and oxygen atoms in total. The van der Waals surface area contributed by atoms with E-state index in [-0.39, 0.29) is 12.1 Å². The van der Waals surface area contributed by atoms with Gasteiger partial charge in [-0.3, -0.25) is 4.90 Å². The number of carbonyl (C=O) groups is 2. The normalized spacial score (nSPS) is 21.3. The van der Waals surface area contributed by atoms with Crippen molar-refractivity contribution in [1.82, 2.24) is 10.2 Å². The first-order chi connectivity index (χ1) is 11.0. The van der Waals surface area contributed by atoms with Gasteiger partial charge in [0.25, 0.3) is 0 Å². The van der Waals surface area contributed by atoms with E-state index in [2.05, 4.69) is 5.32 Å². The largest absolute Gasteiger partial charge is 0.466 e. The number of nitrogens with zero attached hydrogens (tertiary/aromatic N) is 1. The van der Waals surface area contributed by atoms with E-state index in [0.29, 0.717) is 26.9 Å². The van der Waals surface area contributed by atoms with Crippen molar-refractivity contribution in [3.05, 3.63) is 45.1 Å². The molecule has 1 heterocycles. The van der Waals surface area contributed by atoms with Crippen LogP contribution in [0.2, 0.25) is 10.0 Å². The summed E-state index contributed by atoms with van der Waals surface area (Å²) in [7, 11) is 1.32. The minimum atomic E-state index is -0.684. The lowest BCUT2D eigenvalue weighted by Crippen LogP contribution is -2.48. The Kier molecular flexibility index (Phi) is 4.25. The standard InChI is InChI=1S/C16H16Cl2N2O3/c1-8-12(15(21)23-2)14(10-4-3-5-11(17)13(10)18)19-16(22)20(8)9-6-7-9/h3-5,9,14H,6-7H2,1-2H3,(H,19,22). The van der Waals surface area contributed by atoms with Crippen molar-refractivity contribution >= 4 is 35.2 Å². The zero-order valence-corrected chi connectivity index (χ0v) is 14.2. The molecule has 1 aliphatic heterocycles. The highest BCUT2D eigenvalue weighted by atomic mass is 35.5. The summed E-state index contributed by atoms with van der Waals surface area (Å²) in [5, 5.41) is 3.53. The summed E-state index contributed by atoms with van der Waals surface area (Å²) in [6, 6.07) is 4.35. The number of halogens is 2. The summed E-state index contributed by atoms with van der Waals surface area (Å²) in [5.41, 5.74) is 1.55. The van der Waals surface area contributed by atoms with Crippen LogP contribution >= 0.6 is 23.2 Å². The van der Waals surface area contributed by atoms with Crippen LogP contribution in [-0.4, -0.2) is 30.1 Å². The monoisotopic (exact) mass is 354 g/mol. The van der Waals surface area contributed by atoms with Crippen LogP contribution in [-0.2, 0) is 9.53 Å². The molecule has 1 saturated carbocycles. The van der Waals surface area contributed by atoms with Gasteiger partial charge in [0, 0.05) is 11.7 Å². The number of methoxy groups -OCH3 is 1. The molecule has 0 bridgehead atoms. The fourth-order valence-corrected chi connectivity index (χ4v) is 3.30. The minimum absolute atomic E-state index is 0.144. The molecular weight excluding hydrogens is 339 g/mol. The quantitative estimate of drug-likeness (QED) is 0.842. The second kappa shape index (κ2) is 6.06. The van der Waals surface area contributed by atoms with Gasteiger partial charge in [-0.2, -0.15) is 0 Å². The van der Waals surface area contributed by atoms with Crippen molar-refractivity contribution in [2.75, 3.05) is 7.11 Å². The van der Waals surface area contributed by atoms with Crippen LogP contribution in [0.15, 0.2) is 29.5 Å². The Morgan fingerprint density at radius 2 is 2.04 bits per heavy atom. The molecule has 1 aromatic carbocycles. The summed E-state index contributed by atoms with van der Waals surface area (Å²) < 4.78 is 4.91. The van der Waals surface area contributed by atoms with E-state index in [1.165, 1.54) is 7.11 Å². The molecule has 7 heteroatoms. The third-order valence-corrected chi connectivity index (χ3v) is 4.97. The molecule has 0 saturated heterocycles. The third-order valence-electron chi connectivity index (χ3n) is 4.14. The molecule has 0 radical (unpaired) electrons. The van der Waals surface area contributed by atoms with E-state index >= 15 is 0 Å². The zero-order valence-electron chi connectivity index (χ0n) is 12.7. The fraction of sp³-hybridized carbons (Fsp3) is 0.375. The smallest absolute Gasteiger partial charge is 0.337 e. The molecule has 0 aromatic heterocycles. The van der Waals surface area contributed by atoms with E-state index in [9.17, 15) is 9.59 Å². The van der Waals surface area contributed by atoms with Gasteiger partial charge in [-0.1, -0.05) is 35.3 Å². The number of nitrogens with one attached hydrogen (secondary N) is 1. The zero-order chi connectivity index (χ0) is 16.7. The number of amides is 2. The van der Waals surface area contributed by atoms with Gasteiger partial charge in [-0.05, 0) is 31.4 Å². The Morgan fingerprint density at radius 1 is 1.35 bits per heavy atom. The Labute approximate surface area is 144 Å². The topological polar surface area (TPSA) is 58.6 Å². The lowest BCUT2D eigenvalue weighted by molar-refractivity contribution is -0.136. The first-order valence-electron chi connectivity index (χ1n) is 7.28. The molecule has 1 aromatic rings. The van der Waals surface area contributed by atoms with Crippen LogP contribution in [0.1, 0.15) is 31.4 Å². The summed E-state index contributed by atoms with van der Waals surface area (Å²) in [6.07, 6.45) is 1.86. The first kappa shape index (κ1) is 16.1. The molecule has 1 N–H and O–H groups in total. The summed E-state index contributed by atoms with van der Waals surface area (Å²) in [4.78, 5) is 26.4. The summed E-state index contributed by atoms with van der Waals surface area (Å²) >= 11 is 12.3. The fourth-order valence-electron chi connectivity index (χ4n) is 2.88. The van der Waals surface area contributed by atoms with E-state index < -0.39 is 12.0 Å². The van der Waals surface area contributed by atoms with Crippen LogP contribution in [0.25, 0.3) is 0 Å². The maximum Gasteiger partial charge on any atom is 0.337 e. The Bertz CT molecular complexity index is 713. The van der Waals surface area contributed by atoms with E-state index in [4.69, 9.17) is 27.9 Å². The molecular formula is C16H16Cl2N2O3. The van der Waals surface area contributed by atoms with Crippen LogP contribution in [0, 0.1) is 0 Å². The van der Waals surface area contributed by atoms with Gasteiger partial charge >= 0.3 is 12.0 Å². The highest BCUT2D eigenvalue weighted by molar-refractivity contribution is 6.42. The second-order valence-electron chi connectivity index (χ2n) is 5.62. The molecule has 1 aliphatic carbocycles. The number of carbonyl (C=O) groups excluding carboxylic acids is 2. The minimum Gasteiger partial charge on any atom is -0.466 e. The Balaban J connectivity index is 2.13. The molecule has 3 rings (SSSR count). The number of rotatable bonds is 3. The molecule has 1 unspecified atom stereocenters. The van der Waals surface area contributed by atoms with Crippen molar-refractivity contribution in [2.24, 2.45) is 0 Å². The van der Waals surface area contributed by atoms with Crippen LogP contribution < -0.4 is 5.32 Å². The van der Waals surface area contributed by atoms with Gasteiger partial charge in [0.2, 0.25) is 0 Å². The molecule has 2 aliphatic rings. The van der Waals surface area contributed by atoms with Crippen molar-refractivity contribution in [3.63, 3.8) is 0 Å². The van der Waals surface area contributed by atoms with Gasteiger partial charge in [0.05, 0.1) is 28.8 Å². The maximum absolute atomic E-state index is 12.5. The SMILES string of the molecule is COC(=O)C1=C(C)N(C2CC2)C(=O)NC1c1cccc(Cl)c1Cl.